The average Bonchev–Trinajstić information content (AvgIpc) is 2.40. The number of rotatable bonds is 10. The zero-order chi connectivity index (χ0) is 13.1. The van der Waals surface area contributed by atoms with Gasteiger partial charge in [-0.15, -0.1) is 0 Å². The summed E-state index contributed by atoms with van der Waals surface area (Å²) < 4.78 is 5.75. The van der Waals surface area contributed by atoms with E-state index in [4.69, 9.17) is 10.5 Å². The Morgan fingerprint density at radius 3 is 2.44 bits per heavy atom. The molecule has 18 heavy (non-hydrogen) atoms. The molecule has 1 rings (SSSR count). The largest absolute Gasteiger partial charge is 0.377 e. The van der Waals surface area contributed by atoms with Crippen LogP contribution in [0.4, 0.5) is 0 Å². The smallest absolute Gasteiger partial charge is 0.0719 e. The summed E-state index contributed by atoms with van der Waals surface area (Å²) in [6, 6.07) is 8.42. The van der Waals surface area contributed by atoms with Gasteiger partial charge in [-0.3, -0.25) is 0 Å². The second-order valence-electron chi connectivity index (χ2n) is 4.77. The molecule has 0 heterocycles. The van der Waals surface area contributed by atoms with Gasteiger partial charge in [-0.05, 0) is 30.5 Å². The van der Waals surface area contributed by atoms with Crippen molar-refractivity contribution in [2.24, 2.45) is 5.73 Å². The van der Waals surface area contributed by atoms with E-state index in [1.165, 1.54) is 43.2 Å². The van der Waals surface area contributed by atoms with Crippen LogP contribution >= 0.6 is 0 Å². The lowest BCUT2D eigenvalue weighted by Gasteiger charge is -2.09. The number of hydrogen-bond donors (Lipinski definition) is 1. The summed E-state index contributed by atoms with van der Waals surface area (Å²) in [6.07, 6.45) is 7.39. The summed E-state index contributed by atoms with van der Waals surface area (Å²) in [5, 5.41) is 0. The molecule has 0 saturated heterocycles. The molecule has 0 atom stereocenters. The van der Waals surface area contributed by atoms with Crippen molar-refractivity contribution in [1.82, 2.24) is 0 Å². The van der Waals surface area contributed by atoms with Crippen LogP contribution in [0.5, 0.6) is 0 Å². The fourth-order valence-corrected chi connectivity index (χ4v) is 2.09. The zero-order valence-electron chi connectivity index (χ0n) is 11.7. The maximum absolute atomic E-state index is 5.75. The molecule has 0 aliphatic carbocycles. The van der Waals surface area contributed by atoms with Crippen molar-refractivity contribution in [2.45, 2.75) is 52.1 Å². The van der Waals surface area contributed by atoms with E-state index < -0.39 is 0 Å². The van der Waals surface area contributed by atoms with Gasteiger partial charge >= 0.3 is 0 Å². The van der Waals surface area contributed by atoms with E-state index >= 15 is 0 Å². The van der Waals surface area contributed by atoms with Crippen LogP contribution in [0.25, 0.3) is 0 Å². The topological polar surface area (TPSA) is 35.2 Å². The number of nitrogens with two attached hydrogens (primary N) is 1. The SMILES string of the molecule is CCCCCCCOCc1ccccc1CCN. The highest BCUT2D eigenvalue weighted by molar-refractivity contribution is 5.26. The van der Waals surface area contributed by atoms with Crippen LogP contribution in [0, 0.1) is 0 Å². The van der Waals surface area contributed by atoms with E-state index in [0.29, 0.717) is 6.54 Å². The Bertz CT molecular complexity index is 312. The third-order valence-electron chi connectivity index (χ3n) is 3.18. The van der Waals surface area contributed by atoms with Crippen LogP contribution in [0.2, 0.25) is 0 Å². The molecule has 0 aliphatic rings. The molecule has 0 spiro atoms. The van der Waals surface area contributed by atoms with Crippen molar-refractivity contribution in [1.29, 1.82) is 0 Å². The molecule has 0 amide bonds. The van der Waals surface area contributed by atoms with Crippen LogP contribution in [-0.4, -0.2) is 13.2 Å². The number of hydrogen-bond acceptors (Lipinski definition) is 2. The third-order valence-corrected chi connectivity index (χ3v) is 3.18. The molecule has 0 aliphatic heterocycles. The molecule has 0 radical (unpaired) electrons. The Balaban J connectivity index is 2.18. The van der Waals surface area contributed by atoms with Gasteiger partial charge < -0.3 is 10.5 Å². The third kappa shape index (κ3) is 6.18. The lowest BCUT2D eigenvalue weighted by Crippen LogP contribution is -2.06. The van der Waals surface area contributed by atoms with E-state index in [1.54, 1.807) is 0 Å². The normalized spacial score (nSPS) is 10.8. The van der Waals surface area contributed by atoms with Gasteiger partial charge in [0, 0.05) is 6.61 Å². The molecule has 1 aromatic carbocycles. The average molecular weight is 249 g/mol. The number of unbranched alkanes of at least 4 members (excludes halogenated alkanes) is 4. The molecule has 2 N–H and O–H groups in total. The minimum atomic E-state index is 0.702. The van der Waals surface area contributed by atoms with Crippen LogP contribution < -0.4 is 5.73 Å². The predicted molar refractivity (Wildman–Crippen MR) is 77.6 cm³/mol. The maximum Gasteiger partial charge on any atom is 0.0719 e. The lowest BCUT2D eigenvalue weighted by molar-refractivity contribution is 0.116. The molecule has 0 fully saturated rings. The van der Waals surface area contributed by atoms with E-state index in [-0.39, 0.29) is 0 Å². The number of benzene rings is 1. The summed E-state index contributed by atoms with van der Waals surface area (Å²) in [7, 11) is 0. The quantitative estimate of drug-likeness (QED) is 0.642. The van der Waals surface area contributed by atoms with E-state index in [0.717, 1.165) is 19.6 Å². The highest BCUT2D eigenvalue weighted by Crippen LogP contribution is 2.11. The fraction of sp³-hybridized carbons (Fsp3) is 0.625. The summed E-state index contributed by atoms with van der Waals surface area (Å²) in [4.78, 5) is 0. The van der Waals surface area contributed by atoms with Gasteiger partial charge in [0.2, 0.25) is 0 Å². The van der Waals surface area contributed by atoms with Crippen LogP contribution in [0.3, 0.4) is 0 Å². The Labute approximate surface area is 112 Å². The van der Waals surface area contributed by atoms with Crippen LogP contribution in [0.1, 0.15) is 50.2 Å². The molecule has 0 saturated carbocycles. The van der Waals surface area contributed by atoms with E-state index in [9.17, 15) is 0 Å². The zero-order valence-corrected chi connectivity index (χ0v) is 11.7. The van der Waals surface area contributed by atoms with Crippen molar-refractivity contribution < 1.29 is 4.74 Å². The summed E-state index contributed by atoms with van der Waals surface area (Å²) in [5.41, 5.74) is 8.22. The first-order valence-corrected chi connectivity index (χ1v) is 7.23. The van der Waals surface area contributed by atoms with Gasteiger partial charge in [-0.2, -0.15) is 0 Å². The van der Waals surface area contributed by atoms with Crippen molar-refractivity contribution in [2.75, 3.05) is 13.2 Å². The van der Waals surface area contributed by atoms with E-state index in [1.807, 2.05) is 0 Å². The Kier molecular flexibility index (Phi) is 8.53. The fourth-order valence-electron chi connectivity index (χ4n) is 2.09. The van der Waals surface area contributed by atoms with Gasteiger partial charge in [0.15, 0.2) is 0 Å². The van der Waals surface area contributed by atoms with Gasteiger partial charge in [-0.25, -0.2) is 0 Å². The standard InChI is InChI=1S/C16H27NO/c1-2-3-4-5-8-13-18-14-16-10-7-6-9-15(16)11-12-17/h6-7,9-10H,2-5,8,11-14,17H2,1H3. The predicted octanol–water partition coefficient (Wildman–Crippen LogP) is 3.67. The first kappa shape index (κ1) is 15.2. The minimum absolute atomic E-state index is 0.702. The van der Waals surface area contributed by atoms with Crippen LogP contribution in [-0.2, 0) is 17.8 Å². The lowest BCUT2D eigenvalue weighted by atomic mass is 10.1. The molecule has 0 aromatic heterocycles. The van der Waals surface area contributed by atoms with E-state index in [2.05, 4.69) is 31.2 Å². The second-order valence-corrected chi connectivity index (χ2v) is 4.77. The van der Waals surface area contributed by atoms with Crippen LogP contribution in [0.15, 0.2) is 24.3 Å². The Morgan fingerprint density at radius 1 is 1.00 bits per heavy atom. The Hall–Kier alpha value is -0.860. The summed E-state index contributed by atoms with van der Waals surface area (Å²) in [5.74, 6) is 0. The molecule has 2 heteroatoms. The summed E-state index contributed by atoms with van der Waals surface area (Å²) >= 11 is 0. The first-order chi connectivity index (χ1) is 8.88. The van der Waals surface area contributed by atoms with Gasteiger partial charge in [0.25, 0.3) is 0 Å². The monoisotopic (exact) mass is 249 g/mol. The molecule has 102 valence electrons. The van der Waals surface area contributed by atoms with Gasteiger partial charge in [-0.1, -0.05) is 56.9 Å². The van der Waals surface area contributed by atoms with Crippen molar-refractivity contribution >= 4 is 0 Å². The minimum Gasteiger partial charge on any atom is -0.377 e. The summed E-state index contributed by atoms with van der Waals surface area (Å²) in [6.45, 7) is 4.55. The number of ether oxygens (including phenoxy) is 1. The molecule has 1 aromatic rings. The second kappa shape index (κ2) is 10.1. The van der Waals surface area contributed by atoms with Crippen molar-refractivity contribution in [3.63, 3.8) is 0 Å². The van der Waals surface area contributed by atoms with Gasteiger partial charge in [0.1, 0.15) is 0 Å². The molecule has 0 bridgehead atoms. The first-order valence-electron chi connectivity index (χ1n) is 7.23. The molecular weight excluding hydrogens is 222 g/mol. The van der Waals surface area contributed by atoms with Crippen molar-refractivity contribution in [3.8, 4) is 0 Å². The molecule has 2 nitrogen and oxygen atoms in total. The highest BCUT2D eigenvalue weighted by atomic mass is 16.5. The molecular formula is C16H27NO. The Morgan fingerprint density at radius 2 is 1.72 bits per heavy atom. The molecule has 0 unspecified atom stereocenters. The maximum atomic E-state index is 5.75. The van der Waals surface area contributed by atoms with Crippen molar-refractivity contribution in [3.05, 3.63) is 35.4 Å². The van der Waals surface area contributed by atoms with Gasteiger partial charge in [0.05, 0.1) is 6.61 Å². The highest BCUT2D eigenvalue weighted by Gasteiger charge is 2.00.